The fraction of sp³-hybridized carbons (Fsp3) is 0.333. The fourth-order valence-electron chi connectivity index (χ4n) is 4.62. The van der Waals surface area contributed by atoms with Crippen LogP contribution in [0.25, 0.3) is 0 Å². The Balaban J connectivity index is 1.22. The Morgan fingerprint density at radius 3 is 2.55 bits per heavy atom. The van der Waals surface area contributed by atoms with Crippen LogP contribution in [0, 0.1) is 11.6 Å². The van der Waals surface area contributed by atoms with Crippen LogP contribution in [0.2, 0.25) is 0 Å². The molecule has 0 saturated carbocycles. The molecular formula is C24H25F2N5. The number of anilines is 3. The molecule has 0 bridgehead atoms. The van der Waals surface area contributed by atoms with Gasteiger partial charge in [-0.25, -0.2) is 18.7 Å². The standard InChI is InChI=1S/C24H25F2N5/c25-20-6-3-7-21(24(20)26)29-22-14-23(28-16-27-22)30-12-9-19(10-13-30)31-11-8-17-4-1-2-5-18(17)15-31/h1-7,14,16,19H,8-13,15H2,(H,27,28,29). The van der Waals surface area contributed by atoms with Crippen LogP contribution in [0.3, 0.4) is 0 Å². The van der Waals surface area contributed by atoms with E-state index in [-0.39, 0.29) is 5.69 Å². The van der Waals surface area contributed by atoms with Crippen LogP contribution in [0.4, 0.5) is 26.1 Å². The first-order valence-corrected chi connectivity index (χ1v) is 10.8. The molecule has 0 unspecified atom stereocenters. The minimum absolute atomic E-state index is 0.0636. The van der Waals surface area contributed by atoms with Gasteiger partial charge in [0, 0.05) is 38.3 Å². The van der Waals surface area contributed by atoms with Gasteiger partial charge >= 0.3 is 0 Å². The van der Waals surface area contributed by atoms with Crippen molar-refractivity contribution in [1.29, 1.82) is 0 Å². The van der Waals surface area contributed by atoms with E-state index in [1.807, 2.05) is 0 Å². The highest BCUT2D eigenvalue weighted by atomic mass is 19.2. The van der Waals surface area contributed by atoms with Gasteiger partial charge in [0.2, 0.25) is 0 Å². The van der Waals surface area contributed by atoms with E-state index in [1.54, 1.807) is 6.07 Å². The summed E-state index contributed by atoms with van der Waals surface area (Å²) in [5.74, 6) is -0.547. The summed E-state index contributed by atoms with van der Waals surface area (Å²) in [5, 5.41) is 2.86. The van der Waals surface area contributed by atoms with Crippen LogP contribution >= 0.6 is 0 Å². The van der Waals surface area contributed by atoms with Gasteiger partial charge in [0.1, 0.15) is 18.0 Å². The van der Waals surface area contributed by atoms with E-state index in [1.165, 1.54) is 29.6 Å². The van der Waals surface area contributed by atoms with E-state index in [4.69, 9.17) is 0 Å². The van der Waals surface area contributed by atoms with E-state index in [0.717, 1.165) is 57.3 Å². The molecule has 0 aliphatic carbocycles. The van der Waals surface area contributed by atoms with E-state index < -0.39 is 11.6 Å². The third-order valence-corrected chi connectivity index (χ3v) is 6.33. The smallest absolute Gasteiger partial charge is 0.182 e. The number of piperidine rings is 1. The van der Waals surface area contributed by atoms with Crippen molar-refractivity contribution in [1.82, 2.24) is 14.9 Å². The number of benzene rings is 2. The molecule has 2 aliphatic heterocycles. The molecule has 31 heavy (non-hydrogen) atoms. The molecule has 0 amide bonds. The zero-order valence-corrected chi connectivity index (χ0v) is 17.3. The zero-order valence-electron chi connectivity index (χ0n) is 17.3. The van der Waals surface area contributed by atoms with Gasteiger partial charge in [0.15, 0.2) is 11.6 Å². The first-order chi connectivity index (χ1) is 15.2. The van der Waals surface area contributed by atoms with Crippen LogP contribution in [0.1, 0.15) is 24.0 Å². The van der Waals surface area contributed by atoms with Crippen molar-refractivity contribution in [2.45, 2.75) is 31.8 Å². The van der Waals surface area contributed by atoms with Crippen molar-refractivity contribution < 1.29 is 8.78 Å². The van der Waals surface area contributed by atoms with Crippen LogP contribution < -0.4 is 10.2 Å². The fourth-order valence-corrected chi connectivity index (χ4v) is 4.62. The van der Waals surface area contributed by atoms with Gasteiger partial charge in [-0.2, -0.15) is 0 Å². The van der Waals surface area contributed by atoms with Crippen molar-refractivity contribution >= 4 is 17.3 Å². The summed E-state index contributed by atoms with van der Waals surface area (Å²) in [7, 11) is 0. The van der Waals surface area contributed by atoms with Gasteiger partial charge in [-0.15, -0.1) is 0 Å². The summed E-state index contributed by atoms with van der Waals surface area (Å²) in [6, 6.07) is 15.2. The Hall–Kier alpha value is -3.06. The number of halogens is 2. The molecule has 3 aromatic rings. The van der Waals surface area contributed by atoms with Crippen molar-refractivity contribution in [3.63, 3.8) is 0 Å². The summed E-state index contributed by atoms with van der Waals surface area (Å²) in [5.41, 5.74) is 2.99. The summed E-state index contributed by atoms with van der Waals surface area (Å²) in [4.78, 5) is 13.4. The summed E-state index contributed by atoms with van der Waals surface area (Å²) >= 11 is 0. The second-order valence-corrected chi connectivity index (χ2v) is 8.20. The van der Waals surface area contributed by atoms with Gasteiger partial charge in [-0.3, -0.25) is 4.90 Å². The predicted octanol–water partition coefficient (Wildman–Crippen LogP) is 4.53. The predicted molar refractivity (Wildman–Crippen MR) is 117 cm³/mol. The molecule has 1 saturated heterocycles. The molecule has 1 aromatic heterocycles. The number of rotatable bonds is 4. The lowest BCUT2D eigenvalue weighted by Gasteiger charge is -2.41. The Morgan fingerprint density at radius 2 is 1.71 bits per heavy atom. The quantitative estimate of drug-likeness (QED) is 0.671. The molecule has 2 aromatic carbocycles. The molecule has 160 valence electrons. The van der Waals surface area contributed by atoms with E-state index >= 15 is 0 Å². The monoisotopic (exact) mass is 421 g/mol. The lowest BCUT2D eigenvalue weighted by molar-refractivity contribution is 0.153. The maximum absolute atomic E-state index is 14.0. The first kappa shape index (κ1) is 19.9. The van der Waals surface area contributed by atoms with Crippen molar-refractivity contribution in [3.8, 4) is 0 Å². The van der Waals surface area contributed by atoms with E-state index in [0.29, 0.717) is 11.9 Å². The second kappa shape index (κ2) is 8.59. The Morgan fingerprint density at radius 1 is 0.903 bits per heavy atom. The summed E-state index contributed by atoms with van der Waals surface area (Å²) in [6.45, 7) is 3.96. The number of hydrogen-bond acceptors (Lipinski definition) is 5. The molecule has 1 N–H and O–H groups in total. The van der Waals surface area contributed by atoms with Crippen LogP contribution in [0.15, 0.2) is 54.9 Å². The van der Waals surface area contributed by atoms with Gasteiger partial charge in [0.25, 0.3) is 0 Å². The minimum Gasteiger partial charge on any atom is -0.356 e. The molecule has 3 heterocycles. The van der Waals surface area contributed by atoms with Crippen LogP contribution in [-0.2, 0) is 13.0 Å². The summed E-state index contributed by atoms with van der Waals surface area (Å²) < 4.78 is 27.4. The molecule has 5 rings (SSSR count). The molecular weight excluding hydrogens is 396 g/mol. The Labute approximate surface area is 180 Å². The second-order valence-electron chi connectivity index (χ2n) is 8.20. The number of nitrogens with one attached hydrogen (secondary N) is 1. The van der Waals surface area contributed by atoms with E-state index in [2.05, 4.69) is 49.4 Å². The summed E-state index contributed by atoms with van der Waals surface area (Å²) in [6.07, 6.45) is 4.73. The first-order valence-electron chi connectivity index (χ1n) is 10.8. The highest BCUT2D eigenvalue weighted by Gasteiger charge is 2.27. The van der Waals surface area contributed by atoms with Crippen molar-refractivity contribution in [2.75, 3.05) is 29.9 Å². The van der Waals surface area contributed by atoms with Crippen molar-refractivity contribution in [2.24, 2.45) is 0 Å². The largest absolute Gasteiger partial charge is 0.356 e. The Bertz CT molecular complexity index is 1070. The highest BCUT2D eigenvalue weighted by molar-refractivity contribution is 5.60. The lowest BCUT2D eigenvalue weighted by Crippen LogP contribution is -2.46. The van der Waals surface area contributed by atoms with Crippen LogP contribution in [0.5, 0.6) is 0 Å². The average molecular weight is 421 g/mol. The molecule has 5 nitrogen and oxygen atoms in total. The van der Waals surface area contributed by atoms with Gasteiger partial charge in [-0.1, -0.05) is 30.3 Å². The van der Waals surface area contributed by atoms with Crippen molar-refractivity contribution in [3.05, 3.63) is 77.6 Å². The van der Waals surface area contributed by atoms with Gasteiger partial charge < -0.3 is 10.2 Å². The van der Waals surface area contributed by atoms with E-state index in [9.17, 15) is 8.78 Å². The maximum atomic E-state index is 14.0. The third kappa shape index (κ3) is 4.23. The molecule has 2 aliphatic rings. The molecule has 0 atom stereocenters. The number of hydrogen-bond donors (Lipinski definition) is 1. The van der Waals surface area contributed by atoms with Gasteiger partial charge in [0.05, 0.1) is 5.69 Å². The number of aromatic nitrogens is 2. The minimum atomic E-state index is -0.911. The topological polar surface area (TPSA) is 44.3 Å². The zero-order chi connectivity index (χ0) is 21.2. The lowest BCUT2D eigenvalue weighted by atomic mass is 9.95. The molecule has 7 heteroatoms. The normalized spacial score (nSPS) is 17.4. The van der Waals surface area contributed by atoms with Gasteiger partial charge in [-0.05, 0) is 42.5 Å². The Kier molecular flexibility index (Phi) is 5.51. The SMILES string of the molecule is Fc1cccc(Nc2cc(N3CCC(N4CCc5ccccc5C4)CC3)ncn2)c1F. The number of fused-ring (bicyclic) bond motifs is 1. The van der Waals surface area contributed by atoms with Crippen LogP contribution in [-0.4, -0.2) is 40.5 Å². The molecule has 0 radical (unpaired) electrons. The molecule has 1 fully saturated rings. The third-order valence-electron chi connectivity index (χ3n) is 6.33. The molecule has 0 spiro atoms. The number of nitrogens with zero attached hydrogens (tertiary/aromatic N) is 4. The maximum Gasteiger partial charge on any atom is 0.182 e. The highest BCUT2D eigenvalue weighted by Crippen LogP contribution is 2.28. The average Bonchev–Trinajstić information content (AvgIpc) is 2.82.